The van der Waals surface area contributed by atoms with Crippen molar-refractivity contribution in [2.24, 2.45) is 0 Å². The Labute approximate surface area is 114 Å². The molecular formula is C15H22N2O2. The molecule has 0 aliphatic carbocycles. The molecule has 0 spiro atoms. The maximum absolute atomic E-state index is 12.4. The molecule has 1 aliphatic heterocycles. The number of ether oxygens (including phenoxy) is 1. The summed E-state index contributed by atoms with van der Waals surface area (Å²) in [4.78, 5) is 18.4. The van der Waals surface area contributed by atoms with Gasteiger partial charge in [0, 0.05) is 32.1 Å². The van der Waals surface area contributed by atoms with Crippen LogP contribution in [0.2, 0.25) is 0 Å². The highest BCUT2D eigenvalue weighted by atomic mass is 16.5. The zero-order chi connectivity index (χ0) is 13.5. The Hall–Kier alpha value is -1.42. The van der Waals surface area contributed by atoms with Gasteiger partial charge in [0.2, 0.25) is 0 Å². The molecule has 1 aliphatic rings. The predicted molar refractivity (Wildman–Crippen MR) is 73.5 cm³/mol. The van der Waals surface area contributed by atoms with E-state index in [1.807, 2.05) is 17.0 Å². The first kappa shape index (κ1) is 14.0. The van der Waals surface area contributed by atoms with E-state index >= 15 is 0 Å². The molecule has 0 bridgehead atoms. The van der Waals surface area contributed by atoms with Crippen LogP contribution in [0, 0.1) is 0 Å². The second-order valence-electron chi connectivity index (χ2n) is 4.97. The summed E-state index contributed by atoms with van der Waals surface area (Å²) in [5, 5.41) is 0. The third-order valence-corrected chi connectivity index (χ3v) is 3.42. The standard InChI is InChI=1S/C15H22N2O2/c1-2-3-10-17(12-13-6-8-16-9-7-13)15(18)14-5-4-11-19-14/h6-9,14H,2-5,10-12H2,1H3. The van der Waals surface area contributed by atoms with Gasteiger partial charge in [-0.3, -0.25) is 9.78 Å². The van der Waals surface area contributed by atoms with Gasteiger partial charge in [-0.15, -0.1) is 0 Å². The minimum Gasteiger partial charge on any atom is -0.368 e. The lowest BCUT2D eigenvalue weighted by atomic mass is 10.1. The molecule has 1 fully saturated rings. The molecule has 2 heterocycles. The van der Waals surface area contributed by atoms with Crippen molar-refractivity contribution < 1.29 is 9.53 Å². The third-order valence-electron chi connectivity index (χ3n) is 3.42. The van der Waals surface area contributed by atoms with Crippen molar-refractivity contribution in [2.45, 2.75) is 45.3 Å². The summed E-state index contributed by atoms with van der Waals surface area (Å²) >= 11 is 0. The maximum Gasteiger partial charge on any atom is 0.251 e. The first-order valence-corrected chi connectivity index (χ1v) is 7.10. The van der Waals surface area contributed by atoms with Crippen molar-refractivity contribution in [3.8, 4) is 0 Å². The Morgan fingerprint density at radius 1 is 1.47 bits per heavy atom. The summed E-state index contributed by atoms with van der Waals surface area (Å²) in [6.45, 7) is 4.31. The molecule has 19 heavy (non-hydrogen) atoms. The fraction of sp³-hybridized carbons (Fsp3) is 0.600. The number of hydrogen-bond donors (Lipinski definition) is 0. The average molecular weight is 262 g/mol. The van der Waals surface area contributed by atoms with Crippen LogP contribution in [-0.2, 0) is 16.1 Å². The van der Waals surface area contributed by atoms with Crippen LogP contribution in [0.4, 0.5) is 0 Å². The van der Waals surface area contributed by atoms with Gasteiger partial charge in [0.15, 0.2) is 0 Å². The molecule has 4 heteroatoms. The number of carbonyl (C=O) groups is 1. The summed E-state index contributed by atoms with van der Waals surface area (Å²) in [5.41, 5.74) is 1.12. The minimum absolute atomic E-state index is 0.141. The molecule has 0 saturated carbocycles. The van der Waals surface area contributed by atoms with E-state index in [2.05, 4.69) is 11.9 Å². The lowest BCUT2D eigenvalue weighted by Gasteiger charge is -2.25. The molecule has 0 radical (unpaired) electrons. The normalized spacial score (nSPS) is 18.5. The first-order chi connectivity index (χ1) is 9.31. The summed E-state index contributed by atoms with van der Waals surface area (Å²) in [6, 6.07) is 3.92. The molecule has 1 aromatic rings. The topological polar surface area (TPSA) is 42.4 Å². The van der Waals surface area contributed by atoms with Crippen LogP contribution in [-0.4, -0.2) is 35.0 Å². The molecule has 0 aromatic carbocycles. The van der Waals surface area contributed by atoms with Gasteiger partial charge in [-0.2, -0.15) is 0 Å². The van der Waals surface area contributed by atoms with E-state index in [0.29, 0.717) is 13.2 Å². The predicted octanol–water partition coefficient (Wildman–Crippen LogP) is 2.39. The Balaban J connectivity index is 2.00. The highest BCUT2D eigenvalue weighted by Crippen LogP contribution is 2.16. The van der Waals surface area contributed by atoms with E-state index in [1.54, 1.807) is 12.4 Å². The number of rotatable bonds is 6. The number of carbonyl (C=O) groups excluding carboxylic acids is 1. The van der Waals surface area contributed by atoms with Crippen molar-refractivity contribution in [3.63, 3.8) is 0 Å². The zero-order valence-electron chi connectivity index (χ0n) is 11.5. The van der Waals surface area contributed by atoms with Crippen LogP contribution in [0.25, 0.3) is 0 Å². The van der Waals surface area contributed by atoms with Crippen molar-refractivity contribution >= 4 is 5.91 Å². The summed E-state index contributed by atoms with van der Waals surface area (Å²) in [7, 11) is 0. The van der Waals surface area contributed by atoms with E-state index in [4.69, 9.17) is 4.74 Å². The first-order valence-electron chi connectivity index (χ1n) is 7.10. The van der Waals surface area contributed by atoms with E-state index in [0.717, 1.165) is 37.8 Å². The van der Waals surface area contributed by atoms with Crippen LogP contribution in [0.5, 0.6) is 0 Å². The molecular weight excluding hydrogens is 240 g/mol. The van der Waals surface area contributed by atoms with Crippen LogP contribution < -0.4 is 0 Å². The Morgan fingerprint density at radius 3 is 2.89 bits per heavy atom. The van der Waals surface area contributed by atoms with Crippen LogP contribution in [0.3, 0.4) is 0 Å². The van der Waals surface area contributed by atoms with Gasteiger partial charge in [0.1, 0.15) is 6.10 Å². The summed E-state index contributed by atoms with van der Waals surface area (Å²) < 4.78 is 5.51. The second kappa shape index (κ2) is 7.24. The smallest absolute Gasteiger partial charge is 0.251 e. The molecule has 1 aromatic heterocycles. The van der Waals surface area contributed by atoms with E-state index in [9.17, 15) is 4.79 Å². The Bertz CT molecular complexity index is 388. The minimum atomic E-state index is -0.223. The number of unbranched alkanes of at least 4 members (excludes halogenated alkanes) is 1. The molecule has 1 atom stereocenters. The third kappa shape index (κ3) is 4.03. The number of aromatic nitrogens is 1. The fourth-order valence-corrected chi connectivity index (χ4v) is 2.30. The van der Waals surface area contributed by atoms with Crippen LogP contribution >= 0.6 is 0 Å². The fourth-order valence-electron chi connectivity index (χ4n) is 2.30. The number of amides is 1. The van der Waals surface area contributed by atoms with Crippen molar-refractivity contribution in [3.05, 3.63) is 30.1 Å². The maximum atomic E-state index is 12.4. The Morgan fingerprint density at radius 2 is 2.26 bits per heavy atom. The summed E-state index contributed by atoms with van der Waals surface area (Å²) in [5.74, 6) is 0.141. The SMILES string of the molecule is CCCCN(Cc1ccncc1)C(=O)C1CCCO1. The number of hydrogen-bond acceptors (Lipinski definition) is 3. The zero-order valence-corrected chi connectivity index (χ0v) is 11.5. The highest BCUT2D eigenvalue weighted by Gasteiger charge is 2.27. The van der Waals surface area contributed by atoms with Gasteiger partial charge in [-0.05, 0) is 37.0 Å². The molecule has 104 valence electrons. The molecule has 0 N–H and O–H groups in total. The molecule has 1 amide bonds. The average Bonchev–Trinajstić information content (AvgIpc) is 2.98. The number of nitrogens with zero attached hydrogens (tertiary/aromatic N) is 2. The lowest BCUT2D eigenvalue weighted by Crippen LogP contribution is -2.39. The lowest BCUT2D eigenvalue weighted by molar-refractivity contribution is -0.141. The molecule has 1 saturated heterocycles. The Kier molecular flexibility index (Phi) is 5.33. The van der Waals surface area contributed by atoms with E-state index < -0.39 is 0 Å². The van der Waals surface area contributed by atoms with Crippen molar-refractivity contribution in [1.82, 2.24) is 9.88 Å². The molecule has 1 unspecified atom stereocenters. The van der Waals surface area contributed by atoms with Crippen molar-refractivity contribution in [1.29, 1.82) is 0 Å². The molecule has 2 rings (SSSR count). The van der Waals surface area contributed by atoms with Gasteiger partial charge in [-0.25, -0.2) is 0 Å². The van der Waals surface area contributed by atoms with Gasteiger partial charge in [0.05, 0.1) is 0 Å². The molecule has 4 nitrogen and oxygen atoms in total. The van der Waals surface area contributed by atoms with Crippen LogP contribution in [0.15, 0.2) is 24.5 Å². The van der Waals surface area contributed by atoms with Crippen molar-refractivity contribution in [2.75, 3.05) is 13.2 Å². The van der Waals surface area contributed by atoms with Gasteiger partial charge in [0.25, 0.3) is 5.91 Å². The van der Waals surface area contributed by atoms with E-state index in [1.165, 1.54) is 0 Å². The highest BCUT2D eigenvalue weighted by molar-refractivity contribution is 5.81. The van der Waals surface area contributed by atoms with Gasteiger partial charge in [-0.1, -0.05) is 13.3 Å². The van der Waals surface area contributed by atoms with Crippen LogP contribution in [0.1, 0.15) is 38.2 Å². The quantitative estimate of drug-likeness (QED) is 0.790. The number of pyridine rings is 1. The van der Waals surface area contributed by atoms with E-state index in [-0.39, 0.29) is 12.0 Å². The monoisotopic (exact) mass is 262 g/mol. The van der Waals surface area contributed by atoms with Gasteiger partial charge < -0.3 is 9.64 Å². The second-order valence-corrected chi connectivity index (χ2v) is 4.97. The summed E-state index contributed by atoms with van der Waals surface area (Å²) in [6.07, 6.45) is 7.28. The largest absolute Gasteiger partial charge is 0.368 e. The van der Waals surface area contributed by atoms with Gasteiger partial charge >= 0.3 is 0 Å².